The van der Waals surface area contributed by atoms with Gasteiger partial charge in [-0.05, 0) is 62.9 Å². The number of hydrogen-bond acceptors (Lipinski definition) is 2. The first kappa shape index (κ1) is 16.4. The van der Waals surface area contributed by atoms with Crippen LogP contribution in [0.25, 0.3) is 0 Å². The van der Waals surface area contributed by atoms with Crippen LogP contribution in [0.15, 0.2) is 18.2 Å². The van der Waals surface area contributed by atoms with Gasteiger partial charge in [0.25, 0.3) is 0 Å². The van der Waals surface area contributed by atoms with E-state index < -0.39 is 0 Å². The number of hydrogen-bond donors (Lipinski definition) is 1. The molecule has 2 nitrogen and oxygen atoms in total. The van der Waals surface area contributed by atoms with Crippen molar-refractivity contribution in [2.24, 2.45) is 5.92 Å². The lowest BCUT2D eigenvalue weighted by Gasteiger charge is -2.20. The molecule has 1 aliphatic rings. The van der Waals surface area contributed by atoms with Gasteiger partial charge in [-0.25, -0.2) is 4.39 Å². The summed E-state index contributed by atoms with van der Waals surface area (Å²) in [5.41, 5.74) is 2.03. The number of likely N-dealkylation sites (tertiary alicyclic amines) is 1. The van der Waals surface area contributed by atoms with Crippen molar-refractivity contribution in [1.29, 1.82) is 0 Å². The minimum atomic E-state index is -0.0634. The summed E-state index contributed by atoms with van der Waals surface area (Å²) in [5, 5.41) is 3.38. The second-order valence-corrected chi connectivity index (χ2v) is 6.41. The van der Waals surface area contributed by atoms with E-state index in [-0.39, 0.29) is 5.82 Å². The van der Waals surface area contributed by atoms with Crippen molar-refractivity contribution in [3.63, 3.8) is 0 Å². The Morgan fingerprint density at radius 3 is 2.95 bits per heavy atom. The minimum absolute atomic E-state index is 0.0634. The second kappa shape index (κ2) is 8.50. The molecule has 0 radical (unpaired) electrons. The Balaban J connectivity index is 1.96. The molecule has 21 heavy (non-hydrogen) atoms. The molecule has 1 saturated heterocycles. The molecule has 118 valence electrons. The molecule has 1 heterocycles. The molecule has 0 saturated carbocycles. The van der Waals surface area contributed by atoms with E-state index in [1.165, 1.54) is 24.8 Å². The molecule has 0 bridgehead atoms. The van der Waals surface area contributed by atoms with Crippen LogP contribution in [0.3, 0.4) is 0 Å². The zero-order chi connectivity index (χ0) is 15.1. The predicted octanol–water partition coefficient (Wildman–Crippen LogP) is 3.95. The molecule has 1 unspecified atom stereocenters. The lowest BCUT2D eigenvalue weighted by molar-refractivity contribution is 0.269. The van der Waals surface area contributed by atoms with Crippen molar-refractivity contribution in [3.05, 3.63) is 35.1 Å². The summed E-state index contributed by atoms with van der Waals surface area (Å²) in [7, 11) is 0. The summed E-state index contributed by atoms with van der Waals surface area (Å²) in [6.45, 7) is 9.27. The SMILES string of the molecule is CCCNCc1ccc(F)c(CN2CCCC(C)CC2)c1. The minimum Gasteiger partial charge on any atom is -0.313 e. The number of nitrogens with zero attached hydrogens (tertiary/aromatic N) is 1. The largest absolute Gasteiger partial charge is 0.313 e. The molecule has 1 aromatic rings. The quantitative estimate of drug-likeness (QED) is 0.799. The van der Waals surface area contributed by atoms with E-state index in [1.807, 2.05) is 12.1 Å². The maximum atomic E-state index is 14.0. The smallest absolute Gasteiger partial charge is 0.127 e. The number of benzene rings is 1. The van der Waals surface area contributed by atoms with Crippen molar-refractivity contribution in [2.75, 3.05) is 19.6 Å². The van der Waals surface area contributed by atoms with Crippen molar-refractivity contribution in [2.45, 2.75) is 52.6 Å². The van der Waals surface area contributed by atoms with Gasteiger partial charge in [-0.15, -0.1) is 0 Å². The average molecular weight is 292 g/mol. The Morgan fingerprint density at radius 2 is 2.14 bits per heavy atom. The summed E-state index contributed by atoms with van der Waals surface area (Å²) in [4.78, 5) is 2.41. The predicted molar refractivity (Wildman–Crippen MR) is 86.7 cm³/mol. The molecule has 1 atom stereocenters. The van der Waals surface area contributed by atoms with Gasteiger partial charge < -0.3 is 5.32 Å². The van der Waals surface area contributed by atoms with Crippen molar-refractivity contribution >= 4 is 0 Å². The fourth-order valence-corrected chi connectivity index (χ4v) is 2.99. The molecule has 0 spiro atoms. The molecule has 2 rings (SSSR count). The van der Waals surface area contributed by atoms with E-state index in [1.54, 1.807) is 6.07 Å². The van der Waals surface area contributed by atoms with Gasteiger partial charge in [0.05, 0.1) is 0 Å². The second-order valence-electron chi connectivity index (χ2n) is 6.41. The molecule has 0 aromatic heterocycles. The normalized spacial score (nSPS) is 20.4. The van der Waals surface area contributed by atoms with Gasteiger partial charge >= 0.3 is 0 Å². The highest BCUT2D eigenvalue weighted by molar-refractivity contribution is 5.25. The first-order chi connectivity index (χ1) is 10.2. The van der Waals surface area contributed by atoms with E-state index in [9.17, 15) is 4.39 Å². The Bertz CT molecular complexity index is 433. The van der Waals surface area contributed by atoms with Gasteiger partial charge in [0.1, 0.15) is 5.82 Å². The summed E-state index contributed by atoms with van der Waals surface area (Å²) in [6, 6.07) is 5.55. The van der Waals surface area contributed by atoms with E-state index >= 15 is 0 Å². The van der Waals surface area contributed by atoms with Crippen LogP contribution in [-0.4, -0.2) is 24.5 Å². The highest BCUT2D eigenvalue weighted by atomic mass is 19.1. The summed E-state index contributed by atoms with van der Waals surface area (Å²) >= 11 is 0. The Morgan fingerprint density at radius 1 is 1.29 bits per heavy atom. The molecule has 0 aliphatic carbocycles. The van der Waals surface area contributed by atoms with Gasteiger partial charge in [0.15, 0.2) is 0 Å². The average Bonchev–Trinajstić information content (AvgIpc) is 2.67. The van der Waals surface area contributed by atoms with Gasteiger partial charge in [0, 0.05) is 18.7 Å². The van der Waals surface area contributed by atoms with Crippen molar-refractivity contribution in [3.8, 4) is 0 Å². The number of nitrogens with one attached hydrogen (secondary N) is 1. The lowest BCUT2D eigenvalue weighted by Crippen LogP contribution is -2.25. The lowest BCUT2D eigenvalue weighted by atomic mass is 10.0. The molecular weight excluding hydrogens is 263 g/mol. The highest BCUT2D eigenvalue weighted by Gasteiger charge is 2.15. The first-order valence-electron chi connectivity index (χ1n) is 8.39. The third-order valence-electron chi connectivity index (χ3n) is 4.37. The molecular formula is C18H29FN2. The summed E-state index contributed by atoms with van der Waals surface area (Å²) < 4.78 is 14.0. The fraction of sp³-hybridized carbons (Fsp3) is 0.667. The van der Waals surface area contributed by atoms with E-state index in [4.69, 9.17) is 0 Å². The van der Waals surface area contributed by atoms with Crippen LogP contribution in [0, 0.1) is 11.7 Å². The summed E-state index contributed by atoms with van der Waals surface area (Å²) in [5.74, 6) is 0.746. The van der Waals surface area contributed by atoms with E-state index in [2.05, 4.69) is 24.1 Å². The van der Waals surface area contributed by atoms with Gasteiger partial charge in [-0.2, -0.15) is 0 Å². The van der Waals surface area contributed by atoms with E-state index in [0.717, 1.165) is 50.6 Å². The third-order valence-corrected chi connectivity index (χ3v) is 4.37. The van der Waals surface area contributed by atoms with Crippen LogP contribution in [0.5, 0.6) is 0 Å². The maximum Gasteiger partial charge on any atom is 0.127 e. The van der Waals surface area contributed by atoms with Crippen molar-refractivity contribution < 1.29 is 4.39 Å². The molecule has 3 heteroatoms. The maximum absolute atomic E-state index is 14.0. The molecule has 0 amide bonds. The van der Waals surface area contributed by atoms with Crippen molar-refractivity contribution in [1.82, 2.24) is 10.2 Å². The highest BCUT2D eigenvalue weighted by Crippen LogP contribution is 2.20. The molecule has 1 fully saturated rings. The summed E-state index contributed by atoms with van der Waals surface area (Å²) in [6.07, 6.45) is 4.90. The molecule has 1 aromatic carbocycles. The van der Waals surface area contributed by atoms with Gasteiger partial charge in [0.2, 0.25) is 0 Å². The van der Waals surface area contributed by atoms with E-state index in [0.29, 0.717) is 0 Å². The molecule has 1 aliphatic heterocycles. The zero-order valence-electron chi connectivity index (χ0n) is 13.5. The van der Waals surface area contributed by atoms with Crippen LogP contribution in [0.4, 0.5) is 4.39 Å². The topological polar surface area (TPSA) is 15.3 Å². The third kappa shape index (κ3) is 5.40. The van der Waals surface area contributed by atoms with Crippen LogP contribution >= 0.6 is 0 Å². The fourth-order valence-electron chi connectivity index (χ4n) is 2.99. The number of halogens is 1. The number of rotatable bonds is 6. The van der Waals surface area contributed by atoms with Crippen LogP contribution in [0.1, 0.15) is 50.7 Å². The monoisotopic (exact) mass is 292 g/mol. The first-order valence-corrected chi connectivity index (χ1v) is 8.39. The Labute approximate surface area is 128 Å². The van der Waals surface area contributed by atoms with Crippen LogP contribution in [-0.2, 0) is 13.1 Å². The zero-order valence-corrected chi connectivity index (χ0v) is 13.5. The van der Waals surface area contributed by atoms with Crippen LogP contribution < -0.4 is 5.32 Å². The molecule has 1 N–H and O–H groups in total. The van der Waals surface area contributed by atoms with Gasteiger partial charge in [-0.1, -0.05) is 26.0 Å². The standard InChI is InChI=1S/C18H29FN2/c1-3-9-20-13-16-6-7-18(19)17(12-16)14-21-10-4-5-15(2)8-11-21/h6-7,12,15,20H,3-5,8-11,13-14H2,1-2H3. The Kier molecular flexibility index (Phi) is 6.65. The van der Waals surface area contributed by atoms with Gasteiger partial charge in [-0.3, -0.25) is 4.90 Å². The van der Waals surface area contributed by atoms with Crippen LogP contribution in [0.2, 0.25) is 0 Å². The Hall–Kier alpha value is -0.930.